The Morgan fingerprint density at radius 3 is 3.06 bits per heavy atom. The molecule has 0 aliphatic heterocycles. The van der Waals surface area contributed by atoms with Crippen molar-refractivity contribution in [3.8, 4) is 0 Å². The van der Waals surface area contributed by atoms with Gasteiger partial charge in [-0.1, -0.05) is 23.7 Å². The van der Waals surface area contributed by atoms with Gasteiger partial charge in [0.1, 0.15) is 0 Å². The highest BCUT2D eigenvalue weighted by atomic mass is 35.5. The lowest BCUT2D eigenvalue weighted by atomic mass is 10.1. The van der Waals surface area contributed by atoms with Crippen molar-refractivity contribution in [2.45, 2.75) is 13.0 Å². The van der Waals surface area contributed by atoms with Gasteiger partial charge in [0.15, 0.2) is 0 Å². The van der Waals surface area contributed by atoms with Crippen molar-refractivity contribution in [2.24, 2.45) is 0 Å². The molecule has 2 aromatic rings. The van der Waals surface area contributed by atoms with Gasteiger partial charge in [0.25, 0.3) is 0 Å². The molecular formula is C12H13ClN2S. The third-order valence-electron chi connectivity index (χ3n) is 2.26. The lowest BCUT2D eigenvalue weighted by Gasteiger charge is -2.03. The molecule has 0 aliphatic carbocycles. The van der Waals surface area contributed by atoms with E-state index in [1.165, 1.54) is 10.4 Å². The maximum atomic E-state index is 5.91. The Bertz CT molecular complexity index is 428. The van der Waals surface area contributed by atoms with Crippen molar-refractivity contribution >= 4 is 22.9 Å². The molecule has 4 heteroatoms. The number of rotatable bonds is 5. The van der Waals surface area contributed by atoms with Crippen LogP contribution >= 0.6 is 22.9 Å². The van der Waals surface area contributed by atoms with Crippen molar-refractivity contribution in [3.05, 3.63) is 51.4 Å². The van der Waals surface area contributed by atoms with E-state index in [-0.39, 0.29) is 0 Å². The Hall–Kier alpha value is -0.900. The molecule has 0 bridgehead atoms. The molecular weight excluding hydrogens is 240 g/mol. The second kappa shape index (κ2) is 5.99. The minimum Gasteiger partial charge on any atom is -0.311 e. The molecule has 2 rings (SSSR count). The van der Waals surface area contributed by atoms with Gasteiger partial charge in [0.2, 0.25) is 0 Å². The van der Waals surface area contributed by atoms with Gasteiger partial charge in [0, 0.05) is 22.6 Å². The smallest absolute Gasteiger partial charge is 0.0794 e. The summed E-state index contributed by atoms with van der Waals surface area (Å²) in [7, 11) is 0. The summed E-state index contributed by atoms with van der Waals surface area (Å²) in [6.45, 7) is 1.85. The first kappa shape index (κ1) is 11.6. The summed E-state index contributed by atoms with van der Waals surface area (Å²) in [5.74, 6) is 0. The van der Waals surface area contributed by atoms with Crippen LogP contribution in [0.5, 0.6) is 0 Å². The van der Waals surface area contributed by atoms with Crippen LogP contribution in [0, 0.1) is 0 Å². The predicted octanol–water partition coefficient (Wildman–Crippen LogP) is 3.13. The maximum Gasteiger partial charge on any atom is 0.0794 e. The van der Waals surface area contributed by atoms with Crippen molar-refractivity contribution in [1.82, 2.24) is 10.3 Å². The Kier molecular flexibility index (Phi) is 4.34. The average Bonchev–Trinajstić information content (AvgIpc) is 2.77. The molecule has 0 radical (unpaired) electrons. The van der Waals surface area contributed by atoms with Gasteiger partial charge < -0.3 is 5.32 Å². The van der Waals surface area contributed by atoms with Crippen LogP contribution < -0.4 is 5.32 Å². The van der Waals surface area contributed by atoms with Gasteiger partial charge in [0.05, 0.1) is 5.51 Å². The molecule has 84 valence electrons. The summed E-state index contributed by atoms with van der Waals surface area (Å²) in [5, 5.41) is 4.19. The van der Waals surface area contributed by atoms with E-state index >= 15 is 0 Å². The van der Waals surface area contributed by atoms with Crippen LogP contribution in [0.2, 0.25) is 5.02 Å². The zero-order chi connectivity index (χ0) is 11.2. The number of hydrogen-bond donors (Lipinski definition) is 1. The molecule has 2 nitrogen and oxygen atoms in total. The van der Waals surface area contributed by atoms with Crippen LogP contribution in [0.15, 0.2) is 36.0 Å². The minimum absolute atomic E-state index is 0.806. The molecule has 0 amide bonds. The molecule has 0 spiro atoms. The first-order chi connectivity index (χ1) is 7.84. The number of nitrogens with one attached hydrogen (secondary N) is 1. The molecule has 1 aromatic carbocycles. The second-order valence-corrected chi connectivity index (χ2v) is 4.93. The molecule has 1 aromatic heterocycles. The minimum atomic E-state index is 0.806. The van der Waals surface area contributed by atoms with Crippen molar-refractivity contribution in [3.63, 3.8) is 0 Å². The lowest BCUT2D eigenvalue weighted by molar-refractivity contribution is 0.693. The molecule has 0 saturated carbocycles. The van der Waals surface area contributed by atoms with Gasteiger partial charge in [-0.2, -0.15) is 0 Å². The van der Waals surface area contributed by atoms with Crippen LogP contribution in [0.1, 0.15) is 10.4 Å². The zero-order valence-corrected chi connectivity index (χ0v) is 10.4. The second-order valence-electron chi connectivity index (χ2n) is 3.52. The molecule has 1 N–H and O–H groups in total. The summed E-state index contributed by atoms with van der Waals surface area (Å²) in [5.41, 5.74) is 3.12. The average molecular weight is 253 g/mol. The summed E-state index contributed by atoms with van der Waals surface area (Å²) < 4.78 is 0. The summed E-state index contributed by atoms with van der Waals surface area (Å²) in [4.78, 5) is 5.30. The fraction of sp³-hybridized carbons (Fsp3) is 0.250. The van der Waals surface area contributed by atoms with Crippen molar-refractivity contribution < 1.29 is 0 Å². The van der Waals surface area contributed by atoms with E-state index in [0.29, 0.717) is 0 Å². The van der Waals surface area contributed by atoms with Crippen molar-refractivity contribution in [1.29, 1.82) is 0 Å². The van der Waals surface area contributed by atoms with Crippen LogP contribution in [-0.4, -0.2) is 11.5 Å². The summed E-state index contributed by atoms with van der Waals surface area (Å²) >= 11 is 7.59. The van der Waals surface area contributed by atoms with E-state index in [4.69, 9.17) is 11.6 Å². The fourth-order valence-electron chi connectivity index (χ4n) is 1.47. The molecule has 0 unspecified atom stereocenters. The van der Waals surface area contributed by atoms with E-state index in [1.807, 2.05) is 29.9 Å². The van der Waals surface area contributed by atoms with E-state index < -0.39 is 0 Å². The fourth-order valence-corrected chi connectivity index (χ4v) is 2.24. The third-order valence-corrected chi connectivity index (χ3v) is 3.28. The van der Waals surface area contributed by atoms with E-state index in [2.05, 4.69) is 16.4 Å². The summed E-state index contributed by atoms with van der Waals surface area (Å²) in [6.07, 6.45) is 2.90. The highest BCUT2D eigenvalue weighted by molar-refractivity contribution is 7.09. The molecule has 0 saturated heterocycles. The van der Waals surface area contributed by atoms with Gasteiger partial charge in [-0.25, -0.2) is 0 Å². The Labute approximate surface area is 104 Å². The number of thiazole rings is 1. The molecule has 1 heterocycles. The van der Waals surface area contributed by atoms with Crippen LogP contribution in [0.4, 0.5) is 0 Å². The molecule has 16 heavy (non-hydrogen) atoms. The van der Waals surface area contributed by atoms with Crippen molar-refractivity contribution in [2.75, 3.05) is 6.54 Å². The lowest BCUT2D eigenvalue weighted by Crippen LogP contribution is -2.15. The normalized spacial score (nSPS) is 10.6. The van der Waals surface area contributed by atoms with E-state index in [9.17, 15) is 0 Å². The number of aromatic nitrogens is 1. The first-order valence-electron chi connectivity index (χ1n) is 5.17. The highest BCUT2D eigenvalue weighted by Gasteiger charge is 1.96. The predicted molar refractivity (Wildman–Crippen MR) is 69.0 cm³/mol. The number of nitrogens with zero attached hydrogens (tertiary/aromatic N) is 1. The number of benzene rings is 1. The highest BCUT2D eigenvalue weighted by Crippen LogP contribution is 2.10. The Balaban J connectivity index is 1.72. The Morgan fingerprint density at radius 1 is 1.38 bits per heavy atom. The van der Waals surface area contributed by atoms with Crippen LogP contribution in [-0.2, 0) is 13.0 Å². The number of hydrogen-bond acceptors (Lipinski definition) is 3. The van der Waals surface area contributed by atoms with Gasteiger partial charge in [-0.15, -0.1) is 11.3 Å². The molecule has 0 atom stereocenters. The maximum absolute atomic E-state index is 5.91. The monoisotopic (exact) mass is 252 g/mol. The van der Waals surface area contributed by atoms with Gasteiger partial charge >= 0.3 is 0 Å². The number of halogens is 1. The summed E-state index contributed by atoms with van der Waals surface area (Å²) in [6, 6.07) is 7.99. The largest absolute Gasteiger partial charge is 0.311 e. The van der Waals surface area contributed by atoms with E-state index in [1.54, 1.807) is 11.3 Å². The third kappa shape index (κ3) is 3.59. The van der Waals surface area contributed by atoms with Gasteiger partial charge in [-0.05, 0) is 30.7 Å². The quantitative estimate of drug-likeness (QED) is 0.827. The van der Waals surface area contributed by atoms with Gasteiger partial charge in [-0.3, -0.25) is 4.98 Å². The first-order valence-corrected chi connectivity index (χ1v) is 6.43. The van der Waals surface area contributed by atoms with Crippen LogP contribution in [0.25, 0.3) is 0 Å². The van der Waals surface area contributed by atoms with E-state index in [0.717, 1.165) is 24.5 Å². The molecule has 0 fully saturated rings. The SMILES string of the molecule is Clc1cccc(CCNCc2cncs2)c1. The topological polar surface area (TPSA) is 24.9 Å². The standard InChI is InChI=1S/C12H13ClN2S/c13-11-3-1-2-10(6-11)4-5-14-7-12-8-15-9-16-12/h1-3,6,8-9,14H,4-5,7H2. The Morgan fingerprint density at radius 2 is 2.31 bits per heavy atom. The molecule has 0 aliphatic rings. The zero-order valence-electron chi connectivity index (χ0n) is 8.82. The van der Waals surface area contributed by atoms with Crippen LogP contribution in [0.3, 0.4) is 0 Å².